The van der Waals surface area contributed by atoms with Crippen molar-refractivity contribution in [3.63, 3.8) is 0 Å². The van der Waals surface area contributed by atoms with Crippen LogP contribution in [0.1, 0.15) is 31.7 Å². The van der Waals surface area contributed by atoms with Crippen molar-refractivity contribution < 1.29 is 9.84 Å². The zero-order valence-corrected chi connectivity index (χ0v) is 10.5. The van der Waals surface area contributed by atoms with Crippen LogP contribution in [-0.4, -0.2) is 23.9 Å². The fourth-order valence-electron chi connectivity index (χ4n) is 2.30. The van der Waals surface area contributed by atoms with Crippen LogP contribution in [0.4, 0.5) is 0 Å². The Bertz CT molecular complexity index is 319. The Morgan fingerprint density at radius 3 is 2.59 bits per heavy atom. The molecule has 94 valence electrons. The van der Waals surface area contributed by atoms with Gasteiger partial charge in [0, 0.05) is 6.61 Å². The summed E-state index contributed by atoms with van der Waals surface area (Å²) in [5, 5.41) is 10.2. The lowest BCUT2D eigenvalue weighted by Gasteiger charge is -2.22. The minimum Gasteiger partial charge on any atom is -0.390 e. The van der Waals surface area contributed by atoms with Gasteiger partial charge in [0.05, 0.1) is 12.2 Å². The van der Waals surface area contributed by atoms with E-state index >= 15 is 0 Å². The van der Waals surface area contributed by atoms with Crippen molar-refractivity contribution in [3.8, 4) is 0 Å². The van der Waals surface area contributed by atoms with Crippen molar-refractivity contribution in [2.24, 2.45) is 5.92 Å². The molecule has 1 saturated carbocycles. The van der Waals surface area contributed by atoms with Crippen LogP contribution < -0.4 is 0 Å². The first kappa shape index (κ1) is 12.6. The molecule has 0 heterocycles. The van der Waals surface area contributed by atoms with Gasteiger partial charge in [-0.3, -0.25) is 0 Å². The van der Waals surface area contributed by atoms with E-state index in [0.29, 0.717) is 12.5 Å². The van der Waals surface area contributed by atoms with E-state index in [2.05, 4.69) is 12.1 Å². The zero-order valence-electron chi connectivity index (χ0n) is 10.5. The predicted molar refractivity (Wildman–Crippen MR) is 68.9 cm³/mol. The fourth-order valence-corrected chi connectivity index (χ4v) is 2.30. The molecule has 1 fully saturated rings. The molecular formula is C15H22O2. The monoisotopic (exact) mass is 234 g/mol. The van der Waals surface area contributed by atoms with Gasteiger partial charge in [0.25, 0.3) is 0 Å². The highest BCUT2D eigenvalue weighted by Gasteiger charge is 2.36. The number of hydrogen-bond donors (Lipinski definition) is 1. The standard InChI is InChI=1S/C15H22O2/c1-2-17-15(13-9-10-13)14(16)11-8-12-6-4-3-5-7-12/h3-7,13-16H,2,8-11H2,1H3. The number of ether oxygens (including phenoxy) is 1. The normalized spacial score (nSPS) is 18.9. The average molecular weight is 234 g/mol. The molecule has 2 atom stereocenters. The lowest BCUT2D eigenvalue weighted by Crippen LogP contribution is -2.31. The maximum atomic E-state index is 10.2. The second-order valence-corrected chi connectivity index (χ2v) is 4.85. The summed E-state index contributed by atoms with van der Waals surface area (Å²) in [4.78, 5) is 0. The van der Waals surface area contributed by atoms with Crippen LogP contribution in [-0.2, 0) is 11.2 Å². The van der Waals surface area contributed by atoms with E-state index in [0.717, 1.165) is 12.8 Å². The predicted octanol–water partition coefficient (Wildman–Crippen LogP) is 2.80. The van der Waals surface area contributed by atoms with E-state index in [1.807, 2.05) is 25.1 Å². The number of aliphatic hydroxyl groups excluding tert-OH is 1. The molecule has 0 saturated heterocycles. The fraction of sp³-hybridized carbons (Fsp3) is 0.600. The van der Waals surface area contributed by atoms with Crippen LogP contribution in [0.15, 0.2) is 30.3 Å². The first-order chi connectivity index (χ1) is 8.31. The summed E-state index contributed by atoms with van der Waals surface area (Å²) in [7, 11) is 0. The number of aliphatic hydroxyl groups is 1. The highest BCUT2D eigenvalue weighted by atomic mass is 16.5. The topological polar surface area (TPSA) is 29.5 Å². The van der Waals surface area contributed by atoms with Gasteiger partial charge < -0.3 is 9.84 Å². The average Bonchev–Trinajstić information content (AvgIpc) is 3.18. The van der Waals surface area contributed by atoms with E-state index in [9.17, 15) is 5.11 Å². The molecule has 2 heteroatoms. The number of aryl methyl sites for hydroxylation is 1. The molecule has 2 nitrogen and oxygen atoms in total. The number of rotatable bonds is 7. The Morgan fingerprint density at radius 2 is 2.00 bits per heavy atom. The van der Waals surface area contributed by atoms with Crippen LogP contribution in [0.2, 0.25) is 0 Å². The third-order valence-electron chi connectivity index (χ3n) is 3.40. The largest absolute Gasteiger partial charge is 0.390 e. The summed E-state index contributed by atoms with van der Waals surface area (Å²) < 4.78 is 5.67. The van der Waals surface area contributed by atoms with E-state index in [1.165, 1.54) is 18.4 Å². The maximum Gasteiger partial charge on any atom is 0.0861 e. The SMILES string of the molecule is CCOC(C(O)CCc1ccccc1)C1CC1. The summed E-state index contributed by atoms with van der Waals surface area (Å²) in [6.07, 6.45) is 3.90. The highest BCUT2D eigenvalue weighted by molar-refractivity contribution is 5.14. The first-order valence-corrected chi connectivity index (χ1v) is 6.65. The lowest BCUT2D eigenvalue weighted by molar-refractivity contribution is -0.0473. The highest BCUT2D eigenvalue weighted by Crippen LogP contribution is 2.36. The minimum absolute atomic E-state index is 0.0590. The summed E-state index contributed by atoms with van der Waals surface area (Å²) in [5.41, 5.74) is 1.29. The quantitative estimate of drug-likeness (QED) is 0.786. The third-order valence-corrected chi connectivity index (χ3v) is 3.40. The van der Waals surface area contributed by atoms with Gasteiger partial charge in [0.1, 0.15) is 0 Å². The Kier molecular flexibility index (Phi) is 4.57. The molecule has 1 aliphatic rings. The summed E-state index contributed by atoms with van der Waals surface area (Å²) in [6, 6.07) is 10.3. The van der Waals surface area contributed by atoms with Gasteiger partial charge in [-0.2, -0.15) is 0 Å². The molecule has 1 aliphatic carbocycles. The summed E-state index contributed by atoms with van der Waals surface area (Å²) in [5.74, 6) is 0.598. The van der Waals surface area contributed by atoms with Gasteiger partial charge in [-0.15, -0.1) is 0 Å². The second-order valence-electron chi connectivity index (χ2n) is 4.85. The maximum absolute atomic E-state index is 10.2. The summed E-state index contributed by atoms with van der Waals surface area (Å²) >= 11 is 0. The zero-order chi connectivity index (χ0) is 12.1. The van der Waals surface area contributed by atoms with Crippen LogP contribution in [0.3, 0.4) is 0 Å². The molecule has 2 unspecified atom stereocenters. The first-order valence-electron chi connectivity index (χ1n) is 6.65. The van der Waals surface area contributed by atoms with Crippen molar-refractivity contribution in [2.45, 2.75) is 44.8 Å². The second kappa shape index (κ2) is 6.18. The molecule has 0 aromatic heterocycles. The number of benzene rings is 1. The van der Waals surface area contributed by atoms with Gasteiger partial charge in [0.15, 0.2) is 0 Å². The molecule has 1 N–H and O–H groups in total. The Labute approximate surface area is 104 Å². The van der Waals surface area contributed by atoms with Crippen LogP contribution >= 0.6 is 0 Å². The summed E-state index contributed by atoms with van der Waals surface area (Å²) in [6.45, 7) is 2.70. The number of hydrogen-bond acceptors (Lipinski definition) is 2. The van der Waals surface area contributed by atoms with Gasteiger partial charge >= 0.3 is 0 Å². The van der Waals surface area contributed by atoms with Gasteiger partial charge in [-0.1, -0.05) is 30.3 Å². The molecule has 1 aromatic rings. The third kappa shape index (κ3) is 3.83. The molecule has 0 amide bonds. The van der Waals surface area contributed by atoms with Crippen LogP contribution in [0, 0.1) is 5.92 Å². The van der Waals surface area contributed by atoms with E-state index in [4.69, 9.17) is 4.74 Å². The van der Waals surface area contributed by atoms with E-state index in [-0.39, 0.29) is 12.2 Å². The Hall–Kier alpha value is -0.860. The Morgan fingerprint density at radius 1 is 1.29 bits per heavy atom. The molecule has 0 spiro atoms. The molecule has 0 aliphatic heterocycles. The van der Waals surface area contributed by atoms with E-state index < -0.39 is 0 Å². The Balaban J connectivity index is 1.81. The molecular weight excluding hydrogens is 212 g/mol. The van der Waals surface area contributed by atoms with Crippen molar-refractivity contribution in [3.05, 3.63) is 35.9 Å². The van der Waals surface area contributed by atoms with Gasteiger partial charge in [0.2, 0.25) is 0 Å². The minimum atomic E-state index is -0.317. The van der Waals surface area contributed by atoms with Crippen molar-refractivity contribution >= 4 is 0 Å². The van der Waals surface area contributed by atoms with Gasteiger partial charge in [-0.05, 0) is 44.1 Å². The smallest absolute Gasteiger partial charge is 0.0861 e. The van der Waals surface area contributed by atoms with Crippen molar-refractivity contribution in [1.82, 2.24) is 0 Å². The van der Waals surface area contributed by atoms with Gasteiger partial charge in [-0.25, -0.2) is 0 Å². The molecule has 1 aromatic carbocycles. The molecule has 0 radical (unpaired) electrons. The van der Waals surface area contributed by atoms with Crippen LogP contribution in [0.5, 0.6) is 0 Å². The van der Waals surface area contributed by atoms with Crippen molar-refractivity contribution in [1.29, 1.82) is 0 Å². The molecule has 17 heavy (non-hydrogen) atoms. The van der Waals surface area contributed by atoms with E-state index in [1.54, 1.807) is 0 Å². The molecule has 2 rings (SSSR count). The lowest BCUT2D eigenvalue weighted by atomic mass is 10.0. The van der Waals surface area contributed by atoms with Crippen molar-refractivity contribution in [2.75, 3.05) is 6.61 Å². The molecule has 0 bridgehead atoms. The van der Waals surface area contributed by atoms with Crippen LogP contribution in [0.25, 0.3) is 0 Å².